The quantitative estimate of drug-likeness (QED) is 0.359. The summed E-state index contributed by atoms with van der Waals surface area (Å²) in [5.41, 5.74) is 5.13. The van der Waals surface area contributed by atoms with E-state index in [1.807, 2.05) is 26.0 Å². The van der Waals surface area contributed by atoms with Crippen molar-refractivity contribution in [3.05, 3.63) is 46.3 Å². The molecule has 6 heteroatoms. The van der Waals surface area contributed by atoms with E-state index in [0.717, 1.165) is 59.9 Å². The minimum Gasteiger partial charge on any atom is -0.469 e. The molecule has 0 radical (unpaired) electrons. The molecule has 2 aliphatic carbocycles. The summed E-state index contributed by atoms with van der Waals surface area (Å²) in [7, 11) is 1.40. The van der Waals surface area contributed by atoms with Crippen molar-refractivity contribution in [2.75, 3.05) is 12.4 Å². The van der Waals surface area contributed by atoms with Crippen molar-refractivity contribution in [2.45, 2.75) is 96.8 Å². The molecule has 1 heterocycles. The first-order chi connectivity index (χ1) is 16.7. The lowest BCUT2D eigenvalue weighted by molar-refractivity contribution is -0.141. The zero-order valence-electron chi connectivity index (χ0n) is 21.9. The van der Waals surface area contributed by atoms with Crippen molar-refractivity contribution in [3.63, 3.8) is 0 Å². The van der Waals surface area contributed by atoms with Crippen LogP contribution in [0.5, 0.6) is 0 Å². The average molecular weight is 481 g/mol. The molecule has 1 N–H and O–H groups in total. The van der Waals surface area contributed by atoms with Crippen LogP contribution in [0.25, 0.3) is 0 Å². The topological polar surface area (TPSA) is 81.4 Å². The van der Waals surface area contributed by atoms with Gasteiger partial charge >= 0.3 is 5.97 Å². The van der Waals surface area contributed by atoms with E-state index in [2.05, 4.69) is 30.4 Å². The molecule has 4 rings (SSSR count). The molecule has 2 aromatic rings. The lowest BCUT2D eigenvalue weighted by Gasteiger charge is -2.35. The Bertz CT molecular complexity index is 1050. The van der Waals surface area contributed by atoms with E-state index in [-0.39, 0.29) is 30.6 Å². The second-order valence-corrected chi connectivity index (χ2v) is 11.2. The number of amides is 1. The van der Waals surface area contributed by atoms with E-state index < -0.39 is 0 Å². The lowest BCUT2D eigenvalue weighted by atomic mass is 9.69. The summed E-state index contributed by atoms with van der Waals surface area (Å²) in [5.74, 6) is 2.90. The molecule has 0 saturated heterocycles. The number of ether oxygens (including phenoxy) is 1. The molecule has 2 fully saturated rings. The van der Waals surface area contributed by atoms with E-state index in [4.69, 9.17) is 9.26 Å². The van der Waals surface area contributed by atoms with Gasteiger partial charge in [-0.15, -0.1) is 0 Å². The van der Waals surface area contributed by atoms with Gasteiger partial charge in [0.2, 0.25) is 5.91 Å². The highest BCUT2D eigenvalue weighted by molar-refractivity contribution is 5.92. The Labute approximate surface area is 209 Å². The van der Waals surface area contributed by atoms with E-state index in [9.17, 15) is 9.59 Å². The Hall–Kier alpha value is -2.63. The highest BCUT2D eigenvalue weighted by Crippen LogP contribution is 2.52. The van der Waals surface area contributed by atoms with Gasteiger partial charge in [-0.2, -0.15) is 0 Å². The molecule has 0 unspecified atom stereocenters. The molecule has 0 spiro atoms. The average Bonchev–Trinajstić information content (AvgIpc) is 3.53. The molecule has 2 aliphatic rings. The van der Waals surface area contributed by atoms with Crippen LogP contribution in [0.3, 0.4) is 0 Å². The Morgan fingerprint density at radius 1 is 1.17 bits per heavy atom. The van der Waals surface area contributed by atoms with Gasteiger partial charge in [-0.05, 0) is 81.8 Å². The van der Waals surface area contributed by atoms with E-state index in [0.29, 0.717) is 24.2 Å². The van der Waals surface area contributed by atoms with Crippen LogP contribution in [-0.4, -0.2) is 24.1 Å². The number of hydrogen-bond donors (Lipinski definition) is 1. The fourth-order valence-electron chi connectivity index (χ4n) is 5.61. The van der Waals surface area contributed by atoms with E-state index >= 15 is 0 Å². The number of methoxy groups -OCH3 is 1. The first-order valence-corrected chi connectivity index (χ1v) is 13.2. The molecule has 0 bridgehead atoms. The van der Waals surface area contributed by atoms with Crippen LogP contribution in [0.15, 0.2) is 22.7 Å². The molecule has 1 aromatic carbocycles. The van der Waals surface area contributed by atoms with Crippen LogP contribution in [0.2, 0.25) is 0 Å². The predicted molar refractivity (Wildman–Crippen MR) is 137 cm³/mol. The maximum Gasteiger partial charge on any atom is 0.305 e. The number of nitrogens with one attached hydrogen (secondary N) is 1. The first kappa shape index (κ1) is 25.5. The number of carbonyl (C=O) groups is 2. The van der Waals surface area contributed by atoms with Crippen LogP contribution in [0.4, 0.5) is 5.69 Å². The third kappa shape index (κ3) is 6.33. The largest absolute Gasteiger partial charge is 0.469 e. The SMILES string of the molecule is COC(=O)CC[C@@H](CC(=O)Nc1ccc(C)cc1C)c1noc(C2CC(CC(C)C)C2)c1C1CC1. The summed E-state index contributed by atoms with van der Waals surface area (Å²) < 4.78 is 10.9. The van der Waals surface area contributed by atoms with E-state index in [1.54, 1.807) is 0 Å². The van der Waals surface area contributed by atoms with Crippen molar-refractivity contribution in [1.82, 2.24) is 5.16 Å². The molecule has 35 heavy (non-hydrogen) atoms. The number of aryl methyl sites for hydroxylation is 2. The third-order valence-corrected chi connectivity index (χ3v) is 7.58. The Morgan fingerprint density at radius 2 is 1.91 bits per heavy atom. The number of esters is 1. The smallest absolute Gasteiger partial charge is 0.305 e. The summed E-state index contributed by atoms with van der Waals surface area (Å²) in [6.07, 6.45) is 6.89. The number of rotatable bonds is 11. The van der Waals surface area contributed by atoms with Crippen LogP contribution in [-0.2, 0) is 14.3 Å². The zero-order valence-corrected chi connectivity index (χ0v) is 21.9. The molecule has 190 valence electrons. The number of nitrogens with zero attached hydrogens (tertiary/aromatic N) is 1. The van der Waals surface area contributed by atoms with Gasteiger partial charge in [-0.25, -0.2) is 0 Å². The second kappa shape index (κ2) is 11.0. The fourth-order valence-corrected chi connectivity index (χ4v) is 5.61. The standard InChI is InChI=1S/C29H40N2O4/c1-17(2)12-20-14-23(15-20)29-27(21-7-8-21)28(31-35-29)22(9-11-26(33)34-5)16-25(32)30-24-10-6-18(3)13-19(24)4/h6,10,13,17,20-23H,7-9,11-12,14-16H2,1-5H3,(H,30,32)/t20?,22-,23?/m0/s1. The Balaban J connectivity index is 1.52. The molecular weight excluding hydrogens is 440 g/mol. The van der Waals surface area contributed by atoms with Crippen molar-refractivity contribution < 1.29 is 18.8 Å². The van der Waals surface area contributed by atoms with E-state index in [1.165, 1.54) is 19.1 Å². The van der Waals surface area contributed by atoms with Gasteiger partial charge in [0.15, 0.2) is 0 Å². The van der Waals surface area contributed by atoms with Crippen molar-refractivity contribution in [1.29, 1.82) is 0 Å². The molecule has 2 saturated carbocycles. The minimum absolute atomic E-state index is 0.0706. The van der Waals surface area contributed by atoms with Crippen LogP contribution in [0, 0.1) is 25.7 Å². The Kier molecular flexibility index (Phi) is 7.98. The molecule has 1 aromatic heterocycles. The third-order valence-electron chi connectivity index (χ3n) is 7.58. The monoisotopic (exact) mass is 480 g/mol. The molecular formula is C29H40N2O4. The van der Waals surface area contributed by atoms with Gasteiger partial charge in [0, 0.05) is 35.9 Å². The van der Waals surface area contributed by atoms with Gasteiger partial charge in [-0.3, -0.25) is 9.59 Å². The minimum atomic E-state index is -0.267. The first-order valence-electron chi connectivity index (χ1n) is 13.2. The number of aromatic nitrogens is 1. The Morgan fingerprint density at radius 3 is 2.54 bits per heavy atom. The lowest BCUT2D eigenvalue weighted by Crippen LogP contribution is -2.24. The fraction of sp³-hybridized carbons (Fsp3) is 0.621. The van der Waals surface area contributed by atoms with Crippen molar-refractivity contribution in [2.24, 2.45) is 11.8 Å². The number of benzene rings is 1. The number of carbonyl (C=O) groups excluding carboxylic acids is 2. The molecule has 0 aliphatic heterocycles. The zero-order chi connectivity index (χ0) is 25.1. The van der Waals surface area contributed by atoms with Gasteiger partial charge in [0.05, 0.1) is 12.8 Å². The molecule has 1 atom stereocenters. The maximum atomic E-state index is 13.1. The molecule has 1 amide bonds. The summed E-state index contributed by atoms with van der Waals surface area (Å²) in [5, 5.41) is 7.62. The predicted octanol–water partition coefficient (Wildman–Crippen LogP) is 6.77. The highest BCUT2D eigenvalue weighted by atomic mass is 16.5. The maximum absolute atomic E-state index is 13.1. The number of anilines is 1. The molecule has 6 nitrogen and oxygen atoms in total. The normalized spacial score (nSPS) is 20.4. The van der Waals surface area contributed by atoms with Crippen LogP contribution < -0.4 is 5.32 Å². The summed E-state index contributed by atoms with van der Waals surface area (Å²) in [4.78, 5) is 25.1. The number of hydrogen-bond acceptors (Lipinski definition) is 5. The van der Waals surface area contributed by atoms with Crippen molar-refractivity contribution >= 4 is 17.6 Å². The van der Waals surface area contributed by atoms with Gasteiger partial charge in [0.1, 0.15) is 5.76 Å². The van der Waals surface area contributed by atoms with Gasteiger partial charge in [0.25, 0.3) is 0 Å². The van der Waals surface area contributed by atoms with Crippen LogP contribution >= 0.6 is 0 Å². The van der Waals surface area contributed by atoms with Gasteiger partial charge < -0.3 is 14.6 Å². The summed E-state index contributed by atoms with van der Waals surface area (Å²) in [6, 6.07) is 6.00. The van der Waals surface area contributed by atoms with Crippen molar-refractivity contribution in [3.8, 4) is 0 Å². The van der Waals surface area contributed by atoms with Gasteiger partial charge in [-0.1, -0.05) is 36.7 Å². The second-order valence-electron chi connectivity index (χ2n) is 11.2. The van der Waals surface area contributed by atoms with Crippen LogP contribution in [0.1, 0.15) is 111 Å². The summed E-state index contributed by atoms with van der Waals surface area (Å²) in [6.45, 7) is 8.60. The summed E-state index contributed by atoms with van der Waals surface area (Å²) >= 11 is 0. The highest BCUT2D eigenvalue weighted by Gasteiger charge is 2.41.